The van der Waals surface area contributed by atoms with E-state index in [1.807, 2.05) is 24.3 Å². The first-order valence-corrected chi connectivity index (χ1v) is 8.32. The van der Waals surface area contributed by atoms with Gasteiger partial charge in [-0.2, -0.15) is 0 Å². The first-order valence-electron chi connectivity index (χ1n) is 8.32. The third-order valence-corrected chi connectivity index (χ3v) is 3.91. The summed E-state index contributed by atoms with van der Waals surface area (Å²) < 4.78 is 10.7. The van der Waals surface area contributed by atoms with E-state index >= 15 is 0 Å². The standard InChI is InChI=1S/C20H23NO5/c1-21(14-15-5-7-16(8-6-15)20(23)24)19(22)4-3-13-26-18-11-9-17(25-2)10-12-18/h5-12H,3-4,13-14H2,1-2H3,(H,23,24). The van der Waals surface area contributed by atoms with Gasteiger partial charge >= 0.3 is 5.97 Å². The van der Waals surface area contributed by atoms with Gasteiger partial charge in [-0.1, -0.05) is 12.1 Å². The molecule has 6 heteroatoms. The number of carboxylic acid groups (broad SMARTS) is 1. The van der Waals surface area contributed by atoms with Gasteiger partial charge in [-0.05, 0) is 48.4 Å². The number of methoxy groups -OCH3 is 1. The molecule has 0 spiro atoms. The maximum absolute atomic E-state index is 12.2. The van der Waals surface area contributed by atoms with Crippen LogP contribution in [0.1, 0.15) is 28.8 Å². The molecule has 0 saturated heterocycles. The van der Waals surface area contributed by atoms with Gasteiger partial charge in [0, 0.05) is 20.0 Å². The van der Waals surface area contributed by atoms with Crippen molar-refractivity contribution in [1.29, 1.82) is 0 Å². The van der Waals surface area contributed by atoms with Crippen LogP contribution >= 0.6 is 0 Å². The average molecular weight is 357 g/mol. The average Bonchev–Trinajstić information content (AvgIpc) is 2.66. The second kappa shape index (κ2) is 9.46. The maximum atomic E-state index is 12.2. The number of rotatable bonds is 9. The van der Waals surface area contributed by atoms with Crippen LogP contribution in [0.25, 0.3) is 0 Å². The normalized spacial score (nSPS) is 10.2. The van der Waals surface area contributed by atoms with Gasteiger partial charge in [0.1, 0.15) is 11.5 Å². The zero-order valence-corrected chi connectivity index (χ0v) is 15.0. The van der Waals surface area contributed by atoms with E-state index in [1.165, 1.54) is 0 Å². The minimum atomic E-state index is -0.960. The van der Waals surface area contributed by atoms with Crippen molar-refractivity contribution >= 4 is 11.9 Å². The highest BCUT2D eigenvalue weighted by molar-refractivity contribution is 5.87. The van der Waals surface area contributed by atoms with Crippen molar-refractivity contribution in [2.45, 2.75) is 19.4 Å². The molecule has 0 aromatic heterocycles. The highest BCUT2D eigenvalue weighted by Crippen LogP contribution is 2.17. The van der Waals surface area contributed by atoms with Crippen molar-refractivity contribution in [2.75, 3.05) is 20.8 Å². The molecular weight excluding hydrogens is 334 g/mol. The molecule has 0 bridgehead atoms. The number of benzene rings is 2. The number of amides is 1. The Labute approximate surface area is 153 Å². The van der Waals surface area contributed by atoms with E-state index in [0.29, 0.717) is 26.0 Å². The number of ether oxygens (including phenoxy) is 2. The quantitative estimate of drug-likeness (QED) is 0.698. The van der Waals surface area contributed by atoms with Crippen LogP contribution < -0.4 is 9.47 Å². The smallest absolute Gasteiger partial charge is 0.335 e. The minimum Gasteiger partial charge on any atom is -0.497 e. The Kier molecular flexibility index (Phi) is 7.02. The second-order valence-electron chi connectivity index (χ2n) is 5.88. The van der Waals surface area contributed by atoms with Crippen LogP contribution in [0.3, 0.4) is 0 Å². The molecule has 0 aliphatic carbocycles. The van der Waals surface area contributed by atoms with Crippen molar-refractivity contribution in [1.82, 2.24) is 4.90 Å². The highest BCUT2D eigenvalue weighted by Gasteiger charge is 2.10. The van der Waals surface area contributed by atoms with E-state index in [1.54, 1.807) is 43.3 Å². The fourth-order valence-electron chi connectivity index (χ4n) is 2.39. The molecule has 0 unspecified atom stereocenters. The van der Waals surface area contributed by atoms with Gasteiger partial charge in [0.15, 0.2) is 0 Å². The fourth-order valence-corrected chi connectivity index (χ4v) is 2.39. The number of carbonyl (C=O) groups is 2. The summed E-state index contributed by atoms with van der Waals surface area (Å²) in [5.41, 5.74) is 1.12. The Morgan fingerprint density at radius 2 is 1.62 bits per heavy atom. The third kappa shape index (κ3) is 5.81. The summed E-state index contributed by atoms with van der Waals surface area (Å²) in [5, 5.41) is 8.89. The Bertz CT molecular complexity index is 725. The number of hydrogen-bond acceptors (Lipinski definition) is 4. The molecule has 0 aliphatic rings. The molecule has 0 fully saturated rings. The molecule has 0 radical (unpaired) electrons. The molecule has 1 amide bonds. The molecule has 2 rings (SSSR count). The topological polar surface area (TPSA) is 76.1 Å². The van der Waals surface area contributed by atoms with Crippen molar-refractivity contribution < 1.29 is 24.2 Å². The lowest BCUT2D eigenvalue weighted by molar-refractivity contribution is -0.130. The van der Waals surface area contributed by atoms with Gasteiger partial charge in [-0.25, -0.2) is 4.79 Å². The first-order chi connectivity index (χ1) is 12.5. The molecule has 138 valence electrons. The molecule has 6 nitrogen and oxygen atoms in total. The summed E-state index contributed by atoms with van der Waals surface area (Å²) in [6.45, 7) is 0.900. The monoisotopic (exact) mass is 357 g/mol. The van der Waals surface area contributed by atoms with Crippen LogP contribution in [0, 0.1) is 0 Å². The summed E-state index contributed by atoms with van der Waals surface area (Å²) >= 11 is 0. The van der Waals surface area contributed by atoms with Gasteiger partial charge in [0.05, 0.1) is 19.3 Å². The van der Waals surface area contributed by atoms with E-state index in [9.17, 15) is 9.59 Å². The van der Waals surface area contributed by atoms with E-state index in [4.69, 9.17) is 14.6 Å². The number of hydrogen-bond donors (Lipinski definition) is 1. The van der Waals surface area contributed by atoms with E-state index in [0.717, 1.165) is 17.1 Å². The van der Waals surface area contributed by atoms with Gasteiger partial charge in [-0.3, -0.25) is 4.79 Å². The van der Waals surface area contributed by atoms with Crippen LogP contribution in [0.2, 0.25) is 0 Å². The van der Waals surface area contributed by atoms with Gasteiger partial charge < -0.3 is 19.5 Å². The Morgan fingerprint density at radius 3 is 2.19 bits per heavy atom. The van der Waals surface area contributed by atoms with Crippen LogP contribution in [0.4, 0.5) is 0 Å². The Morgan fingerprint density at radius 1 is 1.00 bits per heavy atom. The SMILES string of the molecule is COc1ccc(OCCCC(=O)N(C)Cc2ccc(C(=O)O)cc2)cc1. The molecular formula is C20H23NO5. The number of aromatic carboxylic acids is 1. The van der Waals surface area contributed by atoms with E-state index < -0.39 is 5.97 Å². The predicted octanol–water partition coefficient (Wildman–Crippen LogP) is 3.21. The van der Waals surface area contributed by atoms with E-state index in [-0.39, 0.29) is 11.5 Å². The van der Waals surface area contributed by atoms with Crippen molar-refractivity contribution in [3.8, 4) is 11.5 Å². The van der Waals surface area contributed by atoms with Crippen molar-refractivity contribution in [3.05, 3.63) is 59.7 Å². The summed E-state index contributed by atoms with van der Waals surface area (Å²) in [6, 6.07) is 13.8. The Balaban J connectivity index is 1.71. The van der Waals surface area contributed by atoms with E-state index in [2.05, 4.69) is 0 Å². The minimum absolute atomic E-state index is 0.0191. The summed E-state index contributed by atoms with van der Waals surface area (Å²) in [5.74, 6) is 0.569. The molecule has 0 aliphatic heterocycles. The first kappa shape index (κ1) is 19.3. The van der Waals surface area contributed by atoms with Crippen LogP contribution in [0.5, 0.6) is 11.5 Å². The van der Waals surface area contributed by atoms with Gasteiger partial charge in [0.25, 0.3) is 0 Å². The lowest BCUT2D eigenvalue weighted by Crippen LogP contribution is -2.26. The largest absolute Gasteiger partial charge is 0.497 e. The lowest BCUT2D eigenvalue weighted by atomic mass is 10.1. The summed E-state index contributed by atoms with van der Waals surface area (Å²) in [7, 11) is 3.34. The molecule has 0 saturated carbocycles. The lowest BCUT2D eigenvalue weighted by Gasteiger charge is -2.17. The Hall–Kier alpha value is -3.02. The fraction of sp³-hybridized carbons (Fsp3) is 0.300. The van der Waals surface area contributed by atoms with Gasteiger partial charge in [-0.15, -0.1) is 0 Å². The number of nitrogens with zero attached hydrogens (tertiary/aromatic N) is 1. The summed E-state index contributed by atoms with van der Waals surface area (Å²) in [4.78, 5) is 24.6. The molecule has 2 aromatic carbocycles. The molecule has 0 atom stereocenters. The van der Waals surface area contributed by atoms with Crippen LogP contribution in [-0.4, -0.2) is 42.6 Å². The molecule has 0 heterocycles. The second-order valence-corrected chi connectivity index (χ2v) is 5.88. The molecule has 26 heavy (non-hydrogen) atoms. The number of carboxylic acids is 1. The number of carbonyl (C=O) groups excluding carboxylic acids is 1. The van der Waals surface area contributed by atoms with Crippen molar-refractivity contribution in [3.63, 3.8) is 0 Å². The maximum Gasteiger partial charge on any atom is 0.335 e. The molecule has 2 aromatic rings. The van der Waals surface area contributed by atoms with Crippen LogP contribution in [-0.2, 0) is 11.3 Å². The zero-order valence-electron chi connectivity index (χ0n) is 15.0. The predicted molar refractivity (Wildman–Crippen MR) is 97.6 cm³/mol. The van der Waals surface area contributed by atoms with Gasteiger partial charge in [0.2, 0.25) is 5.91 Å². The van der Waals surface area contributed by atoms with Crippen molar-refractivity contribution in [2.24, 2.45) is 0 Å². The third-order valence-electron chi connectivity index (χ3n) is 3.91. The highest BCUT2D eigenvalue weighted by atomic mass is 16.5. The summed E-state index contributed by atoms with van der Waals surface area (Å²) in [6.07, 6.45) is 1.01. The molecule has 1 N–H and O–H groups in total. The van der Waals surface area contributed by atoms with Crippen LogP contribution in [0.15, 0.2) is 48.5 Å². The zero-order chi connectivity index (χ0) is 18.9.